The quantitative estimate of drug-likeness (QED) is 0.261. The number of anilines is 1. The van der Waals surface area contributed by atoms with Gasteiger partial charge < -0.3 is 15.2 Å². The molecule has 40 heavy (non-hydrogen) atoms. The predicted molar refractivity (Wildman–Crippen MR) is 158 cm³/mol. The van der Waals surface area contributed by atoms with Gasteiger partial charge in [-0.2, -0.15) is 8.78 Å². The van der Waals surface area contributed by atoms with Crippen LogP contribution in [0.2, 0.25) is 5.02 Å². The topological polar surface area (TPSA) is 53.8 Å². The smallest absolute Gasteiger partial charge is 0.298 e. The molecule has 1 aliphatic heterocycles. The first-order chi connectivity index (χ1) is 19.3. The molecule has 0 aromatic heterocycles. The molecule has 3 aromatic rings. The lowest BCUT2D eigenvalue weighted by Crippen LogP contribution is -2.28. The fourth-order valence-electron chi connectivity index (χ4n) is 4.87. The van der Waals surface area contributed by atoms with E-state index in [0.717, 1.165) is 67.0 Å². The molecule has 2 N–H and O–H groups in total. The molecule has 0 radical (unpaired) electrons. The summed E-state index contributed by atoms with van der Waals surface area (Å²) in [4.78, 5) is 4.58. The molecule has 3 aromatic carbocycles. The zero-order chi connectivity index (χ0) is 28.2. The van der Waals surface area contributed by atoms with Gasteiger partial charge in [0.05, 0.1) is 0 Å². The third-order valence-corrected chi connectivity index (χ3v) is 7.83. The third-order valence-electron chi connectivity index (χ3n) is 7.46. The number of allylic oxidation sites excluding steroid dienone is 3. The molecule has 2 aliphatic rings. The van der Waals surface area contributed by atoms with E-state index in [1.165, 1.54) is 12.1 Å². The molecule has 1 aliphatic carbocycles. The number of nitrogens with one attached hydrogen (secondary N) is 1. The first kappa shape index (κ1) is 28.1. The van der Waals surface area contributed by atoms with Gasteiger partial charge in [0.2, 0.25) is 5.88 Å². The van der Waals surface area contributed by atoms with Gasteiger partial charge in [-0.25, -0.2) is 4.99 Å². The summed E-state index contributed by atoms with van der Waals surface area (Å²) in [5, 5.41) is 13.7. The van der Waals surface area contributed by atoms with Gasteiger partial charge in [-0.15, -0.1) is 0 Å². The third kappa shape index (κ3) is 6.62. The summed E-state index contributed by atoms with van der Waals surface area (Å²) in [6, 6.07) is 22.2. The van der Waals surface area contributed by atoms with Gasteiger partial charge in [0, 0.05) is 39.2 Å². The predicted octanol–water partition coefficient (Wildman–Crippen LogP) is 8.31. The van der Waals surface area contributed by atoms with Crippen LogP contribution in [-0.4, -0.2) is 23.0 Å². The second-order valence-corrected chi connectivity index (χ2v) is 11.0. The number of aliphatic imine (C=N–C) groups is 1. The summed E-state index contributed by atoms with van der Waals surface area (Å²) >= 11 is 6.32. The van der Waals surface area contributed by atoms with Crippen molar-refractivity contribution in [1.29, 1.82) is 0 Å². The van der Waals surface area contributed by atoms with Crippen LogP contribution in [0.5, 0.6) is 0 Å². The van der Waals surface area contributed by atoms with E-state index in [1.807, 2.05) is 30.3 Å². The van der Waals surface area contributed by atoms with Crippen LogP contribution in [0.3, 0.4) is 0 Å². The molecule has 0 bridgehead atoms. The van der Waals surface area contributed by atoms with Crippen molar-refractivity contribution in [3.8, 4) is 0 Å². The minimum Gasteiger partial charge on any atom is -0.473 e. The Balaban J connectivity index is 1.28. The van der Waals surface area contributed by atoms with E-state index in [1.54, 1.807) is 18.3 Å². The van der Waals surface area contributed by atoms with E-state index in [0.29, 0.717) is 17.5 Å². The first-order valence-corrected chi connectivity index (χ1v) is 14.0. The molecule has 0 amide bonds. The highest BCUT2D eigenvalue weighted by Gasteiger charge is 2.43. The van der Waals surface area contributed by atoms with Crippen molar-refractivity contribution >= 4 is 29.1 Å². The lowest BCUT2D eigenvalue weighted by Gasteiger charge is -2.22. The molecule has 1 unspecified atom stereocenters. The van der Waals surface area contributed by atoms with Gasteiger partial charge in [-0.3, -0.25) is 0 Å². The average Bonchev–Trinajstić information content (AvgIpc) is 3.68. The maximum absolute atomic E-state index is 14.1. The molecule has 0 saturated heterocycles. The number of ether oxygens (including phenoxy) is 1. The Hall–Kier alpha value is -3.48. The van der Waals surface area contributed by atoms with Crippen LogP contribution < -0.4 is 5.32 Å². The number of nitrogens with zero attached hydrogens (tertiary/aromatic N) is 1. The molecule has 1 fully saturated rings. The van der Waals surface area contributed by atoms with Crippen LogP contribution in [0, 0.1) is 0 Å². The van der Waals surface area contributed by atoms with Gasteiger partial charge in [0.25, 0.3) is 5.92 Å². The Labute approximate surface area is 239 Å². The van der Waals surface area contributed by atoms with Crippen molar-refractivity contribution in [1.82, 2.24) is 0 Å². The second-order valence-electron chi connectivity index (χ2n) is 10.6. The van der Waals surface area contributed by atoms with Gasteiger partial charge in [0.15, 0.2) is 0 Å². The highest BCUT2D eigenvalue weighted by Crippen LogP contribution is 2.42. The van der Waals surface area contributed by atoms with Crippen LogP contribution in [0.4, 0.5) is 14.5 Å². The van der Waals surface area contributed by atoms with Crippen molar-refractivity contribution in [3.05, 3.63) is 118 Å². The van der Waals surface area contributed by atoms with Crippen molar-refractivity contribution < 1.29 is 18.6 Å². The largest absolute Gasteiger partial charge is 0.473 e. The number of hydrogen-bond acceptors (Lipinski definition) is 4. The normalized spacial score (nSPS) is 17.2. The van der Waals surface area contributed by atoms with Crippen LogP contribution in [-0.2, 0) is 23.7 Å². The van der Waals surface area contributed by atoms with Gasteiger partial charge in [-0.05, 0) is 74.4 Å². The zero-order valence-electron chi connectivity index (χ0n) is 22.4. The number of alkyl halides is 2. The van der Waals surface area contributed by atoms with Gasteiger partial charge in [0.1, 0.15) is 12.7 Å². The number of halogens is 3. The Morgan fingerprint density at radius 2 is 1.77 bits per heavy atom. The SMILES string of the molecule is CC(O)C(F)(F)c1ccc(CC2(Nc3ccc(C4=C(OCc5ccccc5Cl)N=CC=CCC4)cc3)CC2)cc1. The minimum atomic E-state index is -3.26. The minimum absolute atomic E-state index is 0.0896. The molecule has 7 heteroatoms. The van der Waals surface area contributed by atoms with E-state index in [2.05, 4.69) is 40.7 Å². The monoisotopic (exact) mass is 562 g/mol. The fourth-order valence-corrected chi connectivity index (χ4v) is 5.06. The highest BCUT2D eigenvalue weighted by atomic mass is 35.5. The molecule has 5 rings (SSSR count). The van der Waals surface area contributed by atoms with Gasteiger partial charge >= 0.3 is 0 Å². The van der Waals surface area contributed by atoms with E-state index in [4.69, 9.17) is 16.3 Å². The summed E-state index contributed by atoms with van der Waals surface area (Å²) in [6.45, 7) is 1.44. The van der Waals surface area contributed by atoms with E-state index in [9.17, 15) is 13.9 Å². The zero-order valence-corrected chi connectivity index (χ0v) is 23.2. The maximum Gasteiger partial charge on any atom is 0.298 e. The maximum atomic E-state index is 14.1. The first-order valence-electron chi connectivity index (χ1n) is 13.6. The van der Waals surface area contributed by atoms with Crippen molar-refractivity contribution in [2.45, 2.75) is 63.2 Å². The number of aliphatic hydroxyl groups excluding tert-OH is 1. The molecule has 1 heterocycles. The summed E-state index contributed by atoms with van der Waals surface area (Å²) < 4.78 is 34.4. The average molecular weight is 563 g/mol. The standard InChI is InChI=1S/C33H33ClF2N2O2/c1-23(39)33(35,36)27-14-10-24(11-15-27)21-32(18-19-32)38-28-16-12-25(13-17-28)29-8-3-2-6-20-37-31(29)40-22-26-7-4-5-9-30(26)34/h2,4-7,9-17,20,23,38-39H,3,8,18-19,21-22H2,1H3. The van der Waals surface area contributed by atoms with Crippen molar-refractivity contribution in [2.75, 3.05) is 5.32 Å². The van der Waals surface area contributed by atoms with E-state index < -0.39 is 12.0 Å². The molecular weight excluding hydrogens is 530 g/mol. The second kappa shape index (κ2) is 11.9. The van der Waals surface area contributed by atoms with Crippen LogP contribution in [0.15, 0.2) is 95.8 Å². The number of hydrogen-bond donors (Lipinski definition) is 2. The van der Waals surface area contributed by atoms with Crippen molar-refractivity contribution in [3.63, 3.8) is 0 Å². The molecular formula is C33H33ClF2N2O2. The summed E-state index contributed by atoms with van der Waals surface area (Å²) in [6.07, 6.45) is 8.48. The number of rotatable bonds is 10. The van der Waals surface area contributed by atoms with Crippen molar-refractivity contribution in [2.24, 2.45) is 4.99 Å². The Bertz CT molecular complexity index is 1410. The van der Waals surface area contributed by atoms with Crippen LogP contribution in [0.25, 0.3) is 5.57 Å². The fraction of sp³-hybridized carbons (Fsp3) is 0.303. The molecule has 0 spiro atoms. The van der Waals surface area contributed by atoms with E-state index >= 15 is 0 Å². The van der Waals surface area contributed by atoms with Crippen LogP contribution >= 0.6 is 11.6 Å². The van der Waals surface area contributed by atoms with E-state index in [-0.39, 0.29) is 11.1 Å². The molecule has 4 nitrogen and oxygen atoms in total. The van der Waals surface area contributed by atoms with Crippen LogP contribution in [0.1, 0.15) is 54.9 Å². The Morgan fingerprint density at radius 3 is 2.45 bits per heavy atom. The number of benzene rings is 3. The summed E-state index contributed by atoms with van der Waals surface area (Å²) in [5.41, 5.74) is 4.72. The Morgan fingerprint density at radius 1 is 1.05 bits per heavy atom. The lowest BCUT2D eigenvalue weighted by atomic mass is 9.98. The Kier molecular flexibility index (Phi) is 8.38. The van der Waals surface area contributed by atoms with Gasteiger partial charge in [-0.1, -0.05) is 72.3 Å². The number of aliphatic hydroxyl groups is 1. The molecule has 1 atom stereocenters. The summed E-state index contributed by atoms with van der Waals surface area (Å²) in [7, 11) is 0. The molecule has 1 saturated carbocycles. The lowest BCUT2D eigenvalue weighted by molar-refractivity contribution is -0.106. The summed E-state index contributed by atoms with van der Waals surface area (Å²) in [5.74, 6) is -2.67. The highest BCUT2D eigenvalue weighted by molar-refractivity contribution is 6.31. The molecule has 208 valence electrons.